The fraction of sp³-hybridized carbons (Fsp3) is 0.756. The Morgan fingerprint density at radius 2 is 1.26 bits per heavy atom. The first-order valence-electron chi connectivity index (χ1n) is 19.2. The van der Waals surface area contributed by atoms with Gasteiger partial charge in [-0.1, -0.05) is 159 Å². The fourth-order valence-corrected chi connectivity index (χ4v) is 5.17. The smallest absolute Gasteiger partial charge is 0.306 e. The third-order valence-electron chi connectivity index (χ3n) is 8.13. The Hall–Kier alpha value is -2.18. The van der Waals surface area contributed by atoms with E-state index in [0.717, 1.165) is 44.4 Å². The van der Waals surface area contributed by atoms with Gasteiger partial charge < -0.3 is 19.7 Å². The number of carbonyl (C=O) groups excluding carboxylic acids is 2. The van der Waals surface area contributed by atoms with E-state index >= 15 is 0 Å². The van der Waals surface area contributed by atoms with Crippen LogP contribution in [0.2, 0.25) is 0 Å². The van der Waals surface area contributed by atoms with Crippen LogP contribution in [-0.2, 0) is 19.1 Å². The van der Waals surface area contributed by atoms with Crippen LogP contribution in [0.3, 0.4) is 0 Å². The quantitative estimate of drug-likeness (QED) is 0.0315. The van der Waals surface area contributed by atoms with Crippen LogP contribution >= 0.6 is 0 Å². The molecule has 0 saturated carbocycles. The van der Waals surface area contributed by atoms with Crippen LogP contribution in [0.1, 0.15) is 168 Å². The number of aliphatic hydroxyl groups excluding tert-OH is 2. The highest BCUT2D eigenvalue weighted by molar-refractivity contribution is 5.70. The van der Waals surface area contributed by atoms with Gasteiger partial charge >= 0.3 is 11.9 Å². The number of carbonyl (C=O) groups is 2. The van der Waals surface area contributed by atoms with E-state index in [4.69, 9.17) is 9.47 Å². The standard InChI is InChI=1S/C41H72O6/c1-4-5-6-7-21-26-31-38(43)32-27-22-17-14-15-19-24-29-34-41(45)47-39(35-42)36-46-40(44)33-28-23-18-13-11-9-8-10-12-16-20-25-30-37(2)3/h15,17,19,21-22,26-27,32,37-39,42-43H,4-14,16,18,20,23-25,28-31,33-36H2,1-3H3/b19-15-,22-17-,26-21-,32-27+/t38-,39-/m0/s1. The van der Waals surface area contributed by atoms with Gasteiger partial charge in [0.2, 0.25) is 0 Å². The van der Waals surface area contributed by atoms with Crippen LogP contribution in [0.5, 0.6) is 0 Å². The average Bonchev–Trinajstić information content (AvgIpc) is 3.05. The van der Waals surface area contributed by atoms with Gasteiger partial charge in [-0.3, -0.25) is 9.59 Å². The molecule has 0 bridgehead atoms. The number of rotatable bonds is 33. The van der Waals surface area contributed by atoms with Crippen molar-refractivity contribution in [3.8, 4) is 0 Å². The van der Waals surface area contributed by atoms with Crippen molar-refractivity contribution in [3.63, 3.8) is 0 Å². The van der Waals surface area contributed by atoms with Crippen LogP contribution in [0, 0.1) is 5.92 Å². The third-order valence-corrected chi connectivity index (χ3v) is 8.13. The highest BCUT2D eigenvalue weighted by atomic mass is 16.6. The second-order valence-corrected chi connectivity index (χ2v) is 13.3. The number of ether oxygens (including phenoxy) is 2. The number of hydrogen-bond acceptors (Lipinski definition) is 6. The Morgan fingerprint density at radius 3 is 1.89 bits per heavy atom. The van der Waals surface area contributed by atoms with Crippen LogP contribution < -0.4 is 0 Å². The first-order valence-corrected chi connectivity index (χ1v) is 19.2. The fourth-order valence-electron chi connectivity index (χ4n) is 5.17. The van der Waals surface area contributed by atoms with E-state index in [1.54, 1.807) is 6.08 Å². The van der Waals surface area contributed by atoms with Gasteiger partial charge in [0, 0.05) is 12.8 Å². The van der Waals surface area contributed by atoms with Crippen molar-refractivity contribution < 1.29 is 29.3 Å². The Bertz CT molecular complexity index is 828. The largest absolute Gasteiger partial charge is 0.462 e. The maximum absolute atomic E-state index is 12.1. The molecule has 0 aliphatic carbocycles. The minimum Gasteiger partial charge on any atom is -0.462 e. The molecule has 2 atom stereocenters. The number of hydrogen-bond donors (Lipinski definition) is 2. The summed E-state index contributed by atoms with van der Waals surface area (Å²) in [4.78, 5) is 24.2. The minimum atomic E-state index is -0.819. The van der Waals surface area contributed by atoms with Crippen LogP contribution in [-0.4, -0.2) is 47.6 Å². The van der Waals surface area contributed by atoms with E-state index in [9.17, 15) is 19.8 Å². The predicted octanol–water partition coefficient (Wildman–Crippen LogP) is 10.7. The first kappa shape index (κ1) is 44.8. The molecule has 0 saturated heterocycles. The first-order chi connectivity index (χ1) is 22.9. The third kappa shape index (κ3) is 35.0. The van der Waals surface area contributed by atoms with Gasteiger partial charge in [-0.2, -0.15) is 0 Å². The van der Waals surface area contributed by atoms with Crippen molar-refractivity contribution in [2.45, 2.75) is 181 Å². The molecular weight excluding hydrogens is 588 g/mol. The summed E-state index contributed by atoms with van der Waals surface area (Å²) in [7, 11) is 0. The number of allylic oxidation sites excluding steroid dienone is 6. The van der Waals surface area contributed by atoms with E-state index in [-0.39, 0.29) is 25.6 Å². The lowest BCUT2D eigenvalue weighted by Crippen LogP contribution is -2.28. The SMILES string of the molecule is CCCCC/C=C\C[C@H](O)/C=C/C=C\C/C=C\CCCC(=O)O[C@@H](CO)COC(=O)CCCCCCCCCCCCCCC(C)C. The topological polar surface area (TPSA) is 93.1 Å². The molecule has 0 aromatic rings. The zero-order valence-electron chi connectivity index (χ0n) is 30.6. The summed E-state index contributed by atoms with van der Waals surface area (Å²) in [5.41, 5.74) is 0. The van der Waals surface area contributed by atoms with Gasteiger partial charge in [0.05, 0.1) is 12.7 Å². The summed E-state index contributed by atoms with van der Waals surface area (Å²) >= 11 is 0. The van der Waals surface area contributed by atoms with Crippen molar-refractivity contribution >= 4 is 11.9 Å². The summed E-state index contributed by atoms with van der Waals surface area (Å²) in [6.45, 7) is 6.32. The van der Waals surface area contributed by atoms with E-state index in [2.05, 4.69) is 26.8 Å². The highest BCUT2D eigenvalue weighted by Crippen LogP contribution is 2.15. The second-order valence-electron chi connectivity index (χ2n) is 13.3. The van der Waals surface area contributed by atoms with E-state index in [0.29, 0.717) is 19.3 Å². The van der Waals surface area contributed by atoms with Gasteiger partial charge in [0.15, 0.2) is 6.10 Å². The predicted molar refractivity (Wildman–Crippen MR) is 197 cm³/mol. The zero-order valence-corrected chi connectivity index (χ0v) is 30.6. The molecule has 0 aliphatic rings. The molecule has 0 aliphatic heterocycles. The minimum absolute atomic E-state index is 0.105. The summed E-state index contributed by atoms with van der Waals surface area (Å²) in [5, 5.41) is 19.5. The molecule has 272 valence electrons. The molecule has 0 heterocycles. The monoisotopic (exact) mass is 661 g/mol. The maximum atomic E-state index is 12.1. The summed E-state index contributed by atoms with van der Waals surface area (Å²) in [6, 6.07) is 0. The van der Waals surface area contributed by atoms with Gasteiger partial charge in [0.25, 0.3) is 0 Å². The van der Waals surface area contributed by atoms with E-state index in [1.165, 1.54) is 83.5 Å². The van der Waals surface area contributed by atoms with Gasteiger partial charge in [-0.15, -0.1) is 0 Å². The lowest BCUT2D eigenvalue weighted by Gasteiger charge is -2.15. The molecule has 0 unspecified atom stereocenters. The molecular formula is C41H72O6. The molecule has 0 amide bonds. The molecule has 47 heavy (non-hydrogen) atoms. The molecule has 0 aromatic carbocycles. The molecule has 6 nitrogen and oxygen atoms in total. The molecule has 0 radical (unpaired) electrons. The summed E-state index contributed by atoms with van der Waals surface area (Å²) in [5.74, 6) is 0.137. The Balaban J connectivity index is 3.74. The van der Waals surface area contributed by atoms with Crippen LogP contribution in [0.4, 0.5) is 0 Å². The molecule has 0 spiro atoms. The molecule has 6 heteroatoms. The second kappa shape index (κ2) is 35.1. The van der Waals surface area contributed by atoms with Crippen molar-refractivity contribution in [2.24, 2.45) is 5.92 Å². The summed E-state index contributed by atoms with van der Waals surface area (Å²) in [6.07, 6.45) is 39.1. The van der Waals surface area contributed by atoms with Gasteiger partial charge in [-0.05, 0) is 50.9 Å². The van der Waals surface area contributed by atoms with Crippen molar-refractivity contribution in [2.75, 3.05) is 13.2 Å². The zero-order chi connectivity index (χ0) is 34.6. The normalized spacial score (nSPS) is 13.5. The summed E-state index contributed by atoms with van der Waals surface area (Å²) < 4.78 is 10.5. The van der Waals surface area contributed by atoms with Crippen LogP contribution in [0.25, 0.3) is 0 Å². The number of esters is 2. The molecule has 0 aromatic heterocycles. The van der Waals surface area contributed by atoms with Crippen LogP contribution in [0.15, 0.2) is 48.6 Å². The molecule has 2 N–H and O–H groups in total. The van der Waals surface area contributed by atoms with E-state index in [1.807, 2.05) is 36.5 Å². The average molecular weight is 661 g/mol. The van der Waals surface area contributed by atoms with Crippen molar-refractivity contribution in [1.29, 1.82) is 0 Å². The van der Waals surface area contributed by atoms with Gasteiger partial charge in [0.1, 0.15) is 6.61 Å². The Labute approximate surface area is 289 Å². The van der Waals surface area contributed by atoms with Crippen molar-refractivity contribution in [3.05, 3.63) is 48.6 Å². The Kier molecular flexibility index (Phi) is 33.5. The van der Waals surface area contributed by atoms with E-state index < -0.39 is 18.2 Å². The lowest BCUT2D eigenvalue weighted by molar-refractivity contribution is -0.161. The maximum Gasteiger partial charge on any atom is 0.306 e. The van der Waals surface area contributed by atoms with Crippen molar-refractivity contribution in [1.82, 2.24) is 0 Å². The Morgan fingerprint density at radius 1 is 0.660 bits per heavy atom. The van der Waals surface area contributed by atoms with Gasteiger partial charge in [-0.25, -0.2) is 0 Å². The highest BCUT2D eigenvalue weighted by Gasteiger charge is 2.16. The number of unbranched alkanes of at least 4 members (excludes halogenated alkanes) is 15. The molecule has 0 rings (SSSR count). The number of aliphatic hydroxyl groups is 2. The molecule has 0 fully saturated rings. The lowest BCUT2D eigenvalue weighted by atomic mass is 10.0.